The number of carbonyl (C=O) groups excluding carboxylic acids is 1. The van der Waals surface area contributed by atoms with E-state index in [2.05, 4.69) is 5.32 Å². The minimum atomic E-state index is -0.539. The molecule has 4 nitrogen and oxygen atoms in total. The number of phenols is 1. The molecule has 0 aliphatic rings. The van der Waals surface area contributed by atoms with Gasteiger partial charge in [-0.1, -0.05) is 29.8 Å². The number of carbonyl (C=O) groups is 1. The van der Waals surface area contributed by atoms with Gasteiger partial charge in [-0.25, -0.2) is 0 Å². The van der Waals surface area contributed by atoms with Crippen LogP contribution >= 0.6 is 11.6 Å². The molecular formula is C16H11ClN2O2. The highest BCUT2D eigenvalue weighted by Gasteiger charge is 2.09. The van der Waals surface area contributed by atoms with Crippen molar-refractivity contribution in [3.05, 3.63) is 64.7 Å². The highest BCUT2D eigenvalue weighted by atomic mass is 35.5. The van der Waals surface area contributed by atoms with Crippen LogP contribution in [0.4, 0.5) is 5.69 Å². The molecule has 2 aromatic rings. The van der Waals surface area contributed by atoms with Crippen LogP contribution in [0.15, 0.2) is 54.1 Å². The topological polar surface area (TPSA) is 73.1 Å². The van der Waals surface area contributed by atoms with Gasteiger partial charge in [-0.05, 0) is 42.0 Å². The number of nitriles is 1. The van der Waals surface area contributed by atoms with Crippen LogP contribution in [0, 0.1) is 11.3 Å². The summed E-state index contributed by atoms with van der Waals surface area (Å²) in [5.74, 6) is -0.473. The fourth-order valence-electron chi connectivity index (χ4n) is 1.69. The van der Waals surface area contributed by atoms with Gasteiger partial charge in [-0.15, -0.1) is 0 Å². The van der Waals surface area contributed by atoms with Gasteiger partial charge in [0.25, 0.3) is 5.91 Å². The maximum atomic E-state index is 12.0. The summed E-state index contributed by atoms with van der Waals surface area (Å²) in [5, 5.41) is 21.5. The molecule has 104 valence electrons. The maximum absolute atomic E-state index is 12.0. The molecule has 0 aliphatic heterocycles. The first-order valence-electron chi connectivity index (χ1n) is 6.06. The van der Waals surface area contributed by atoms with Crippen LogP contribution < -0.4 is 5.32 Å². The second kappa shape index (κ2) is 6.60. The van der Waals surface area contributed by atoms with E-state index < -0.39 is 5.91 Å². The van der Waals surface area contributed by atoms with Crippen LogP contribution in [-0.4, -0.2) is 11.0 Å². The van der Waals surface area contributed by atoms with Gasteiger partial charge in [0.1, 0.15) is 17.4 Å². The van der Waals surface area contributed by atoms with E-state index in [1.807, 2.05) is 6.07 Å². The number of phenolic OH excluding ortho intramolecular Hbond substituents is 1. The lowest BCUT2D eigenvalue weighted by molar-refractivity contribution is -0.112. The Kier molecular flexibility index (Phi) is 4.60. The quantitative estimate of drug-likeness (QED) is 0.672. The number of nitrogens with one attached hydrogen (secondary N) is 1. The number of anilines is 1. The molecule has 21 heavy (non-hydrogen) atoms. The molecular weight excluding hydrogens is 288 g/mol. The van der Waals surface area contributed by atoms with Gasteiger partial charge in [0, 0.05) is 10.7 Å². The second-order valence-corrected chi connectivity index (χ2v) is 4.67. The molecule has 1 amide bonds. The number of hydrogen-bond acceptors (Lipinski definition) is 3. The average Bonchev–Trinajstić information content (AvgIpc) is 2.44. The Bertz CT molecular complexity index is 748. The van der Waals surface area contributed by atoms with Gasteiger partial charge in [0.15, 0.2) is 0 Å². The number of benzene rings is 2. The van der Waals surface area contributed by atoms with Crippen molar-refractivity contribution < 1.29 is 9.90 Å². The standard InChI is InChI=1S/C16H11ClN2O2/c17-13-4-2-5-14(9-13)19-16(21)12(10-18)7-11-3-1-6-15(20)8-11/h1-9,20H,(H,19,21). The third kappa shape index (κ3) is 4.10. The Labute approximate surface area is 126 Å². The molecule has 0 aliphatic carbocycles. The van der Waals surface area contributed by atoms with Crippen molar-refractivity contribution in [3.63, 3.8) is 0 Å². The fraction of sp³-hybridized carbons (Fsp3) is 0. The molecule has 2 rings (SSSR count). The van der Waals surface area contributed by atoms with Crippen molar-refractivity contribution in [2.45, 2.75) is 0 Å². The number of amides is 1. The van der Waals surface area contributed by atoms with Crippen LogP contribution in [-0.2, 0) is 4.79 Å². The zero-order chi connectivity index (χ0) is 15.2. The minimum Gasteiger partial charge on any atom is -0.508 e. The summed E-state index contributed by atoms with van der Waals surface area (Å²) >= 11 is 5.83. The Hall–Kier alpha value is -2.77. The summed E-state index contributed by atoms with van der Waals surface area (Å²) in [4.78, 5) is 12.0. The number of halogens is 1. The predicted octanol–water partition coefficient (Wildman–Crippen LogP) is 3.59. The van der Waals surface area contributed by atoms with Crippen LogP contribution in [0.1, 0.15) is 5.56 Å². The molecule has 2 N–H and O–H groups in total. The second-order valence-electron chi connectivity index (χ2n) is 4.23. The van der Waals surface area contributed by atoms with Crippen molar-refractivity contribution in [3.8, 4) is 11.8 Å². The summed E-state index contributed by atoms with van der Waals surface area (Å²) in [6.45, 7) is 0. The molecule has 2 aromatic carbocycles. The summed E-state index contributed by atoms with van der Waals surface area (Å²) < 4.78 is 0. The predicted molar refractivity (Wildman–Crippen MR) is 81.8 cm³/mol. The molecule has 0 saturated carbocycles. The number of rotatable bonds is 3. The van der Waals surface area contributed by atoms with Crippen molar-refractivity contribution in [1.82, 2.24) is 0 Å². The Morgan fingerprint density at radius 2 is 2.00 bits per heavy atom. The lowest BCUT2D eigenvalue weighted by Gasteiger charge is -2.04. The zero-order valence-corrected chi connectivity index (χ0v) is 11.6. The van der Waals surface area contributed by atoms with Crippen LogP contribution in [0.25, 0.3) is 6.08 Å². The highest BCUT2D eigenvalue weighted by molar-refractivity contribution is 6.31. The smallest absolute Gasteiger partial charge is 0.266 e. The number of hydrogen-bond donors (Lipinski definition) is 2. The highest BCUT2D eigenvalue weighted by Crippen LogP contribution is 2.17. The van der Waals surface area contributed by atoms with Crippen molar-refractivity contribution >= 4 is 29.3 Å². The van der Waals surface area contributed by atoms with Crippen LogP contribution in [0.3, 0.4) is 0 Å². The van der Waals surface area contributed by atoms with E-state index in [9.17, 15) is 9.90 Å². The van der Waals surface area contributed by atoms with E-state index in [1.165, 1.54) is 18.2 Å². The molecule has 0 bridgehead atoms. The Balaban J connectivity index is 2.21. The van der Waals surface area contributed by atoms with Gasteiger partial charge in [0.2, 0.25) is 0 Å². The molecule has 5 heteroatoms. The third-order valence-corrected chi connectivity index (χ3v) is 2.86. The Morgan fingerprint density at radius 3 is 2.67 bits per heavy atom. The summed E-state index contributed by atoms with van der Waals surface area (Å²) in [6, 6.07) is 14.8. The van der Waals surface area contributed by atoms with Gasteiger partial charge in [-0.2, -0.15) is 5.26 Å². The third-order valence-electron chi connectivity index (χ3n) is 2.63. The SMILES string of the molecule is N#CC(=Cc1cccc(O)c1)C(=O)Nc1cccc(Cl)c1. The van der Waals surface area contributed by atoms with E-state index in [0.29, 0.717) is 16.3 Å². The first-order valence-corrected chi connectivity index (χ1v) is 6.44. The van der Waals surface area contributed by atoms with E-state index in [-0.39, 0.29) is 11.3 Å². The van der Waals surface area contributed by atoms with Crippen LogP contribution in [0.5, 0.6) is 5.75 Å². The summed E-state index contributed by atoms with van der Waals surface area (Å²) in [5.41, 5.74) is 0.998. The van der Waals surface area contributed by atoms with Gasteiger partial charge in [0.05, 0.1) is 0 Å². The number of aromatic hydroxyl groups is 1. The molecule has 0 radical (unpaired) electrons. The van der Waals surface area contributed by atoms with Crippen molar-refractivity contribution in [2.24, 2.45) is 0 Å². The monoisotopic (exact) mass is 298 g/mol. The molecule has 0 saturated heterocycles. The molecule has 0 atom stereocenters. The first-order chi connectivity index (χ1) is 10.1. The van der Waals surface area contributed by atoms with E-state index in [4.69, 9.17) is 16.9 Å². The van der Waals surface area contributed by atoms with Gasteiger partial charge >= 0.3 is 0 Å². The zero-order valence-electron chi connectivity index (χ0n) is 10.9. The molecule has 0 spiro atoms. The van der Waals surface area contributed by atoms with Gasteiger partial charge < -0.3 is 10.4 Å². The maximum Gasteiger partial charge on any atom is 0.266 e. The lowest BCUT2D eigenvalue weighted by atomic mass is 10.1. The lowest BCUT2D eigenvalue weighted by Crippen LogP contribution is -2.13. The fourth-order valence-corrected chi connectivity index (χ4v) is 1.88. The van der Waals surface area contributed by atoms with E-state index in [1.54, 1.807) is 36.4 Å². The first kappa shape index (κ1) is 14.6. The van der Waals surface area contributed by atoms with E-state index >= 15 is 0 Å². The summed E-state index contributed by atoms with van der Waals surface area (Å²) in [7, 11) is 0. The van der Waals surface area contributed by atoms with Gasteiger partial charge in [-0.3, -0.25) is 4.79 Å². The van der Waals surface area contributed by atoms with Crippen molar-refractivity contribution in [2.75, 3.05) is 5.32 Å². The molecule has 0 heterocycles. The molecule has 0 fully saturated rings. The normalized spacial score (nSPS) is 10.8. The number of nitrogens with zero attached hydrogens (tertiary/aromatic N) is 1. The summed E-state index contributed by atoms with van der Waals surface area (Å²) in [6.07, 6.45) is 1.40. The van der Waals surface area contributed by atoms with Crippen LogP contribution in [0.2, 0.25) is 5.02 Å². The van der Waals surface area contributed by atoms with Crippen molar-refractivity contribution in [1.29, 1.82) is 5.26 Å². The average molecular weight is 299 g/mol. The molecule has 0 aromatic heterocycles. The molecule has 0 unspecified atom stereocenters. The van der Waals surface area contributed by atoms with E-state index in [0.717, 1.165) is 0 Å². The minimum absolute atomic E-state index is 0.0660. The largest absolute Gasteiger partial charge is 0.508 e. The Morgan fingerprint density at radius 1 is 1.24 bits per heavy atom.